The molecular formula is C10H13FO3. The van der Waals surface area contributed by atoms with Crippen molar-refractivity contribution in [1.82, 2.24) is 0 Å². The van der Waals surface area contributed by atoms with E-state index in [-0.39, 0.29) is 19.0 Å². The van der Waals surface area contributed by atoms with Gasteiger partial charge in [0.2, 0.25) is 0 Å². The Balaban J connectivity index is 2.57. The second-order valence-electron chi connectivity index (χ2n) is 2.89. The largest absolute Gasteiger partial charge is 0.488 e. The standard InChI is InChI=1S/C10H13FO3/c11-8-2-1-3-9(6-8)14-10(7-13)4-5-12/h1-3,6,10,12-13H,4-5,7H2/t10-/m1/s1. The first-order chi connectivity index (χ1) is 6.76. The molecular weight excluding hydrogens is 187 g/mol. The van der Waals surface area contributed by atoms with Crippen molar-refractivity contribution in [3.63, 3.8) is 0 Å². The van der Waals surface area contributed by atoms with E-state index in [1.165, 1.54) is 18.2 Å². The van der Waals surface area contributed by atoms with Gasteiger partial charge in [0.05, 0.1) is 6.61 Å². The van der Waals surface area contributed by atoms with Crippen LogP contribution in [-0.4, -0.2) is 29.5 Å². The van der Waals surface area contributed by atoms with E-state index in [1.54, 1.807) is 6.07 Å². The smallest absolute Gasteiger partial charge is 0.126 e. The highest BCUT2D eigenvalue weighted by atomic mass is 19.1. The summed E-state index contributed by atoms with van der Waals surface area (Å²) in [6.07, 6.45) is -0.158. The van der Waals surface area contributed by atoms with Gasteiger partial charge in [0.1, 0.15) is 17.7 Å². The van der Waals surface area contributed by atoms with Crippen molar-refractivity contribution in [3.8, 4) is 5.75 Å². The summed E-state index contributed by atoms with van der Waals surface area (Å²) < 4.78 is 18.0. The summed E-state index contributed by atoms with van der Waals surface area (Å²) in [6.45, 7) is -0.266. The van der Waals surface area contributed by atoms with Gasteiger partial charge in [-0.25, -0.2) is 4.39 Å². The SMILES string of the molecule is OCC[C@H](CO)Oc1cccc(F)c1. The van der Waals surface area contributed by atoms with Crippen LogP contribution < -0.4 is 4.74 Å². The molecule has 3 nitrogen and oxygen atoms in total. The maximum atomic E-state index is 12.7. The topological polar surface area (TPSA) is 49.7 Å². The fraction of sp³-hybridized carbons (Fsp3) is 0.400. The van der Waals surface area contributed by atoms with Crippen molar-refractivity contribution in [2.45, 2.75) is 12.5 Å². The zero-order valence-electron chi connectivity index (χ0n) is 7.69. The molecule has 0 radical (unpaired) electrons. The van der Waals surface area contributed by atoms with Crippen molar-refractivity contribution in [2.24, 2.45) is 0 Å². The van der Waals surface area contributed by atoms with Gasteiger partial charge in [0, 0.05) is 19.1 Å². The van der Waals surface area contributed by atoms with Gasteiger partial charge in [0.25, 0.3) is 0 Å². The van der Waals surface area contributed by atoms with Gasteiger partial charge in [-0.2, -0.15) is 0 Å². The van der Waals surface area contributed by atoms with Crippen molar-refractivity contribution in [1.29, 1.82) is 0 Å². The van der Waals surface area contributed by atoms with Crippen LogP contribution in [0.25, 0.3) is 0 Å². The molecule has 1 rings (SSSR count). The van der Waals surface area contributed by atoms with Gasteiger partial charge in [-0.1, -0.05) is 6.07 Å². The minimum absolute atomic E-state index is 0.0689. The minimum Gasteiger partial charge on any atom is -0.488 e. The van der Waals surface area contributed by atoms with Crippen LogP contribution in [0.5, 0.6) is 5.75 Å². The first-order valence-corrected chi connectivity index (χ1v) is 4.40. The van der Waals surface area contributed by atoms with Gasteiger partial charge < -0.3 is 14.9 Å². The molecule has 4 heteroatoms. The molecule has 0 fully saturated rings. The van der Waals surface area contributed by atoms with Gasteiger partial charge >= 0.3 is 0 Å². The number of rotatable bonds is 5. The summed E-state index contributed by atoms with van der Waals surface area (Å²) in [5, 5.41) is 17.5. The molecule has 1 atom stereocenters. The maximum absolute atomic E-state index is 12.7. The summed E-state index contributed by atoms with van der Waals surface area (Å²) in [4.78, 5) is 0. The highest BCUT2D eigenvalue weighted by Crippen LogP contribution is 2.14. The van der Waals surface area contributed by atoms with Crippen LogP contribution >= 0.6 is 0 Å². The highest BCUT2D eigenvalue weighted by Gasteiger charge is 2.08. The van der Waals surface area contributed by atoms with E-state index in [4.69, 9.17) is 14.9 Å². The molecule has 0 spiro atoms. The molecule has 14 heavy (non-hydrogen) atoms. The predicted molar refractivity (Wildman–Crippen MR) is 49.6 cm³/mol. The lowest BCUT2D eigenvalue weighted by Crippen LogP contribution is -2.22. The molecule has 0 saturated carbocycles. The number of ether oxygens (including phenoxy) is 1. The van der Waals surface area contributed by atoms with Crippen LogP contribution in [0.15, 0.2) is 24.3 Å². The number of hydrogen-bond acceptors (Lipinski definition) is 3. The summed E-state index contributed by atoms with van der Waals surface area (Å²) in [5.41, 5.74) is 0. The number of hydrogen-bond donors (Lipinski definition) is 2. The van der Waals surface area contributed by atoms with E-state index < -0.39 is 6.10 Å². The first-order valence-electron chi connectivity index (χ1n) is 4.40. The zero-order chi connectivity index (χ0) is 10.4. The van der Waals surface area contributed by atoms with Crippen molar-refractivity contribution in [2.75, 3.05) is 13.2 Å². The summed E-state index contributed by atoms with van der Waals surface area (Å²) in [5.74, 6) is -0.0271. The number of benzene rings is 1. The van der Waals surface area contributed by atoms with Gasteiger partial charge in [-0.15, -0.1) is 0 Å². The van der Waals surface area contributed by atoms with Crippen LogP contribution in [0.3, 0.4) is 0 Å². The molecule has 0 bridgehead atoms. The van der Waals surface area contributed by atoms with E-state index in [2.05, 4.69) is 0 Å². The van der Waals surface area contributed by atoms with Crippen LogP contribution in [0, 0.1) is 5.82 Å². The normalized spacial score (nSPS) is 12.5. The van der Waals surface area contributed by atoms with E-state index in [9.17, 15) is 4.39 Å². The van der Waals surface area contributed by atoms with Gasteiger partial charge in [-0.3, -0.25) is 0 Å². The van der Waals surface area contributed by atoms with Crippen LogP contribution in [-0.2, 0) is 0 Å². The molecule has 0 aromatic heterocycles. The first kappa shape index (κ1) is 10.9. The maximum Gasteiger partial charge on any atom is 0.126 e. The zero-order valence-corrected chi connectivity index (χ0v) is 7.69. The van der Waals surface area contributed by atoms with Crippen molar-refractivity contribution >= 4 is 0 Å². The Morgan fingerprint density at radius 1 is 1.36 bits per heavy atom. The summed E-state index contributed by atoms with van der Waals surface area (Å²) >= 11 is 0. The van der Waals surface area contributed by atoms with Gasteiger partial charge in [0.15, 0.2) is 0 Å². The third-order valence-corrected chi connectivity index (χ3v) is 1.75. The molecule has 2 N–H and O–H groups in total. The molecule has 0 aliphatic rings. The van der Waals surface area contributed by atoms with Crippen LogP contribution in [0.1, 0.15) is 6.42 Å². The third-order valence-electron chi connectivity index (χ3n) is 1.75. The average molecular weight is 200 g/mol. The second-order valence-corrected chi connectivity index (χ2v) is 2.89. The van der Waals surface area contributed by atoms with E-state index in [0.717, 1.165) is 0 Å². The van der Waals surface area contributed by atoms with Crippen LogP contribution in [0.2, 0.25) is 0 Å². The third kappa shape index (κ3) is 3.32. The molecule has 0 heterocycles. The molecule has 0 unspecified atom stereocenters. The second kappa shape index (κ2) is 5.57. The summed E-state index contributed by atoms with van der Waals surface area (Å²) in [7, 11) is 0. The van der Waals surface area contributed by atoms with E-state index in [1.807, 2.05) is 0 Å². The Morgan fingerprint density at radius 3 is 2.71 bits per heavy atom. The molecule has 0 aliphatic carbocycles. The van der Waals surface area contributed by atoms with Crippen molar-refractivity contribution < 1.29 is 19.3 Å². The minimum atomic E-state index is -0.484. The van der Waals surface area contributed by atoms with E-state index in [0.29, 0.717) is 12.2 Å². The molecule has 1 aromatic rings. The Hall–Kier alpha value is -1.13. The van der Waals surface area contributed by atoms with E-state index >= 15 is 0 Å². The fourth-order valence-electron chi connectivity index (χ4n) is 1.06. The molecule has 0 amide bonds. The predicted octanol–water partition coefficient (Wildman–Crippen LogP) is 0.948. The Labute approximate surface area is 81.8 Å². The number of halogens is 1. The van der Waals surface area contributed by atoms with Crippen LogP contribution in [0.4, 0.5) is 4.39 Å². The lowest BCUT2D eigenvalue weighted by molar-refractivity contribution is 0.0904. The average Bonchev–Trinajstić information content (AvgIpc) is 2.17. The lowest BCUT2D eigenvalue weighted by Gasteiger charge is -2.15. The molecule has 0 aliphatic heterocycles. The fourth-order valence-corrected chi connectivity index (χ4v) is 1.06. The Kier molecular flexibility index (Phi) is 4.35. The molecule has 78 valence electrons. The molecule has 0 saturated heterocycles. The number of aliphatic hydroxyl groups is 2. The van der Waals surface area contributed by atoms with Crippen molar-refractivity contribution in [3.05, 3.63) is 30.1 Å². The Bertz CT molecular complexity index is 278. The monoisotopic (exact) mass is 200 g/mol. The van der Waals surface area contributed by atoms with Gasteiger partial charge in [-0.05, 0) is 12.1 Å². The highest BCUT2D eigenvalue weighted by molar-refractivity contribution is 5.22. The summed E-state index contributed by atoms with van der Waals surface area (Å²) in [6, 6.07) is 5.67. The molecule has 1 aromatic carbocycles. The Morgan fingerprint density at radius 2 is 2.14 bits per heavy atom. The quantitative estimate of drug-likeness (QED) is 0.744. The lowest BCUT2D eigenvalue weighted by atomic mass is 10.2. The number of aliphatic hydroxyl groups excluding tert-OH is 2.